The normalized spacial score (nSPS) is 19.6. The number of rotatable bonds is 3. The molecule has 1 saturated heterocycles. The molecule has 5 heteroatoms. The first-order valence-electron chi connectivity index (χ1n) is 6.40. The molecule has 0 aliphatic carbocycles. The van der Waals surface area contributed by atoms with Gasteiger partial charge >= 0.3 is 0 Å². The number of amides is 1. The van der Waals surface area contributed by atoms with E-state index >= 15 is 0 Å². The molecule has 4 nitrogen and oxygen atoms in total. The number of nitrogens with zero attached hydrogens (tertiary/aromatic N) is 3. The van der Waals surface area contributed by atoms with Crippen LogP contribution < -0.4 is 0 Å². The lowest BCUT2D eigenvalue weighted by atomic mass is 10.1. The van der Waals surface area contributed by atoms with Crippen molar-refractivity contribution < 1.29 is 4.79 Å². The first kappa shape index (κ1) is 13.6. The highest BCUT2D eigenvalue weighted by molar-refractivity contribution is 9.09. The van der Waals surface area contributed by atoms with Crippen molar-refractivity contribution in [3.63, 3.8) is 0 Å². The number of hydrogen-bond donors (Lipinski definition) is 0. The number of hydrogen-bond acceptors (Lipinski definition) is 2. The van der Waals surface area contributed by atoms with Gasteiger partial charge in [0.1, 0.15) is 0 Å². The molecule has 0 bridgehead atoms. The Morgan fingerprint density at radius 1 is 1.50 bits per heavy atom. The van der Waals surface area contributed by atoms with Gasteiger partial charge in [0.2, 0.25) is 0 Å². The molecule has 1 aliphatic rings. The minimum atomic E-state index is 0.148. The van der Waals surface area contributed by atoms with Crippen LogP contribution in [0.15, 0.2) is 0 Å². The lowest BCUT2D eigenvalue weighted by molar-refractivity contribution is 0.0785. The Bertz CT molecular complexity index is 455. The van der Waals surface area contributed by atoms with Crippen LogP contribution >= 0.6 is 15.9 Å². The van der Waals surface area contributed by atoms with E-state index in [2.05, 4.69) is 21.0 Å². The number of aromatic nitrogens is 2. The highest BCUT2D eigenvalue weighted by Gasteiger charge is 2.29. The quantitative estimate of drug-likeness (QED) is 0.803. The van der Waals surface area contributed by atoms with Crippen molar-refractivity contribution in [1.29, 1.82) is 0 Å². The molecule has 0 N–H and O–H groups in total. The molecule has 1 atom stereocenters. The summed E-state index contributed by atoms with van der Waals surface area (Å²) in [4.78, 5) is 14.5. The van der Waals surface area contributed by atoms with E-state index in [0.717, 1.165) is 48.2 Å². The van der Waals surface area contributed by atoms with Crippen LogP contribution in [0.2, 0.25) is 0 Å². The van der Waals surface area contributed by atoms with E-state index in [-0.39, 0.29) is 5.91 Å². The molecule has 18 heavy (non-hydrogen) atoms. The van der Waals surface area contributed by atoms with Crippen LogP contribution in [-0.2, 0) is 7.05 Å². The Balaban J connectivity index is 2.13. The van der Waals surface area contributed by atoms with Crippen LogP contribution in [0, 0.1) is 19.8 Å². The maximum Gasteiger partial charge on any atom is 0.257 e. The van der Waals surface area contributed by atoms with Gasteiger partial charge in [0, 0.05) is 31.2 Å². The van der Waals surface area contributed by atoms with Crippen molar-refractivity contribution in [1.82, 2.24) is 14.7 Å². The molecule has 0 saturated carbocycles. The fourth-order valence-electron chi connectivity index (χ4n) is 2.65. The van der Waals surface area contributed by atoms with E-state index in [4.69, 9.17) is 0 Å². The van der Waals surface area contributed by atoms with Gasteiger partial charge in [-0.1, -0.05) is 15.9 Å². The van der Waals surface area contributed by atoms with E-state index in [1.807, 2.05) is 25.8 Å². The highest BCUT2D eigenvalue weighted by atomic mass is 79.9. The summed E-state index contributed by atoms with van der Waals surface area (Å²) >= 11 is 3.47. The predicted molar refractivity (Wildman–Crippen MR) is 75.1 cm³/mol. The number of halogens is 1. The average molecular weight is 314 g/mol. The van der Waals surface area contributed by atoms with E-state index < -0.39 is 0 Å². The topological polar surface area (TPSA) is 38.1 Å². The molecule has 0 spiro atoms. The van der Waals surface area contributed by atoms with Gasteiger partial charge in [0.05, 0.1) is 11.3 Å². The maximum atomic E-state index is 12.5. The lowest BCUT2D eigenvalue weighted by Crippen LogP contribution is -2.29. The van der Waals surface area contributed by atoms with Crippen molar-refractivity contribution in [2.75, 3.05) is 18.4 Å². The van der Waals surface area contributed by atoms with Crippen molar-refractivity contribution in [2.24, 2.45) is 13.0 Å². The van der Waals surface area contributed by atoms with Gasteiger partial charge in [0.15, 0.2) is 0 Å². The molecule has 2 rings (SSSR count). The molecular formula is C13H20BrN3O. The third-order valence-electron chi connectivity index (χ3n) is 3.81. The largest absolute Gasteiger partial charge is 0.338 e. The van der Waals surface area contributed by atoms with Gasteiger partial charge in [0.25, 0.3) is 5.91 Å². The van der Waals surface area contributed by atoms with Gasteiger partial charge in [-0.05, 0) is 32.6 Å². The Hall–Kier alpha value is -0.840. The number of alkyl halides is 1. The Morgan fingerprint density at radius 2 is 2.22 bits per heavy atom. The molecule has 2 heterocycles. The minimum absolute atomic E-state index is 0.148. The van der Waals surface area contributed by atoms with Crippen molar-refractivity contribution in [3.8, 4) is 0 Å². The smallest absolute Gasteiger partial charge is 0.257 e. The summed E-state index contributed by atoms with van der Waals surface area (Å²) in [7, 11) is 1.89. The van der Waals surface area contributed by atoms with Crippen LogP contribution in [0.4, 0.5) is 0 Å². The van der Waals surface area contributed by atoms with E-state index in [1.54, 1.807) is 4.68 Å². The first-order chi connectivity index (χ1) is 8.54. The molecule has 0 aromatic carbocycles. The maximum absolute atomic E-state index is 12.5. The molecule has 1 aromatic heterocycles. The SMILES string of the molecule is Cc1nn(C)c(C)c1C(=O)N1CCC(CCBr)C1. The first-order valence-corrected chi connectivity index (χ1v) is 7.52. The van der Waals surface area contributed by atoms with Crippen LogP contribution in [0.5, 0.6) is 0 Å². The Labute approximate surface area is 116 Å². The summed E-state index contributed by atoms with van der Waals surface area (Å²) in [5.41, 5.74) is 2.59. The molecule has 1 aliphatic heterocycles. The van der Waals surface area contributed by atoms with Gasteiger partial charge in [-0.2, -0.15) is 5.10 Å². The van der Waals surface area contributed by atoms with Crippen LogP contribution in [0.1, 0.15) is 34.6 Å². The van der Waals surface area contributed by atoms with Crippen molar-refractivity contribution in [2.45, 2.75) is 26.7 Å². The second-order valence-electron chi connectivity index (χ2n) is 5.05. The van der Waals surface area contributed by atoms with E-state index in [1.165, 1.54) is 0 Å². The van der Waals surface area contributed by atoms with Gasteiger partial charge in [-0.15, -0.1) is 0 Å². The summed E-state index contributed by atoms with van der Waals surface area (Å²) in [6, 6.07) is 0. The molecule has 1 aromatic rings. The molecular weight excluding hydrogens is 294 g/mol. The second-order valence-corrected chi connectivity index (χ2v) is 5.85. The highest BCUT2D eigenvalue weighted by Crippen LogP contribution is 2.24. The Morgan fingerprint density at radius 3 is 2.78 bits per heavy atom. The summed E-state index contributed by atoms with van der Waals surface area (Å²) < 4.78 is 1.79. The standard InChI is InChI=1S/C13H20BrN3O/c1-9-12(10(2)16(3)15-9)13(18)17-7-5-11(8-17)4-6-14/h11H,4-8H2,1-3H3. The zero-order valence-electron chi connectivity index (χ0n) is 11.2. The number of aryl methyl sites for hydroxylation is 2. The van der Waals surface area contributed by atoms with Crippen molar-refractivity contribution in [3.05, 3.63) is 17.0 Å². The van der Waals surface area contributed by atoms with Gasteiger partial charge in [-0.25, -0.2) is 0 Å². The summed E-state index contributed by atoms with van der Waals surface area (Å²) in [5.74, 6) is 0.792. The lowest BCUT2D eigenvalue weighted by Gasteiger charge is -2.16. The molecule has 1 fully saturated rings. The molecule has 1 unspecified atom stereocenters. The monoisotopic (exact) mass is 313 g/mol. The fourth-order valence-corrected chi connectivity index (χ4v) is 3.30. The number of carbonyl (C=O) groups is 1. The van der Waals surface area contributed by atoms with E-state index in [9.17, 15) is 4.79 Å². The number of likely N-dealkylation sites (tertiary alicyclic amines) is 1. The third kappa shape index (κ3) is 2.46. The Kier molecular flexibility index (Phi) is 4.10. The minimum Gasteiger partial charge on any atom is -0.338 e. The zero-order valence-corrected chi connectivity index (χ0v) is 12.8. The zero-order chi connectivity index (χ0) is 13.3. The van der Waals surface area contributed by atoms with Crippen molar-refractivity contribution >= 4 is 21.8 Å². The van der Waals surface area contributed by atoms with Gasteiger partial charge in [-0.3, -0.25) is 9.48 Å². The average Bonchev–Trinajstić information content (AvgIpc) is 2.86. The summed E-state index contributed by atoms with van der Waals surface area (Å²) in [5, 5.41) is 5.34. The predicted octanol–water partition coefficient (Wildman–Crippen LogP) is 2.28. The van der Waals surface area contributed by atoms with Crippen LogP contribution in [0.3, 0.4) is 0 Å². The molecule has 100 valence electrons. The van der Waals surface area contributed by atoms with Crippen LogP contribution in [-0.4, -0.2) is 39.0 Å². The fraction of sp³-hybridized carbons (Fsp3) is 0.692. The summed E-state index contributed by atoms with van der Waals surface area (Å²) in [6.45, 7) is 5.63. The van der Waals surface area contributed by atoms with Gasteiger partial charge < -0.3 is 4.90 Å². The van der Waals surface area contributed by atoms with Crippen LogP contribution in [0.25, 0.3) is 0 Å². The second kappa shape index (κ2) is 5.43. The summed E-state index contributed by atoms with van der Waals surface area (Å²) in [6.07, 6.45) is 2.27. The molecule has 1 amide bonds. The van der Waals surface area contributed by atoms with E-state index in [0.29, 0.717) is 5.92 Å². The third-order valence-corrected chi connectivity index (χ3v) is 4.27. The number of carbonyl (C=O) groups excluding carboxylic acids is 1. The molecule has 0 radical (unpaired) electrons.